The van der Waals surface area contributed by atoms with E-state index in [-0.39, 0.29) is 16.6 Å². The molecule has 0 saturated carbocycles. The molecule has 2 aromatic carbocycles. The SMILES string of the molecule is COc1ccc(Cn2ccc3ccc(C(=S)NO)cc32)cc1F. The van der Waals surface area contributed by atoms with Gasteiger partial charge in [0.2, 0.25) is 0 Å². The third-order valence-electron chi connectivity index (χ3n) is 3.71. The summed E-state index contributed by atoms with van der Waals surface area (Å²) in [5, 5.41) is 9.99. The van der Waals surface area contributed by atoms with Crippen LogP contribution in [0.15, 0.2) is 48.7 Å². The van der Waals surface area contributed by atoms with E-state index in [4.69, 9.17) is 22.2 Å². The molecule has 4 nitrogen and oxygen atoms in total. The predicted molar refractivity (Wildman–Crippen MR) is 90.6 cm³/mol. The molecule has 3 rings (SSSR count). The van der Waals surface area contributed by atoms with Gasteiger partial charge in [-0.05, 0) is 35.2 Å². The highest BCUT2D eigenvalue weighted by molar-refractivity contribution is 7.80. The number of hydrogen-bond acceptors (Lipinski definition) is 3. The molecule has 0 radical (unpaired) electrons. The molecule has 0 amide bonds. The molecule has 6 heteroatoms. The van der Waals surface area contributed by atoms with E-state index >= 15 is 0 Å². The zero-order valence-corrected chi connectivity index (χ0v) is 13.2. The Morgan fingerprint density at radius 2 is 2.09 bits per heavy atom. The Morgan fingerprint density at radius 3 is 2.78 bits per heavy atom. The highest BCUT2D eigenvalue weighted by atomic mass is 32.1. The third-order valence-corrected chi connectivity index (χ3v) is 4.03. The summed E-state index contributed by atoms with van der Waals surface area (Å²) in [6.45, 7) is 0.521. The number of benzene rings is 2. The summed E-state index contributed by atoms with van der Waals surface area (Å²) >= 11 is 5.04. The van der Waals surface area contributed by atoms with E-state index in [0.717, 1.165) is 22.0 Å². The minimum atomic E-state index is -0.382. The lowest BCUT2D eigenvalue weighted by Gasteiger charge is -2.09. The number of hydrogen-bond donors (Lipinski definition) is 2. The Kier molecular flexibility index (Phi) is 4.27. The number of methoxy groups -OCH3 is 1. The first-order chi connectivity index (χ1) is 11.1. The van der Waals surface area contributed by atoms with Crippen LogP contribution in [0.3, 0.4) is 0 Å². The molecule has 23 heavy (non-hydrogen) atoms. The number of aromatic nitrogens is 1. The van der Waals surface area contributed by atoms with Crippen LogP contribution in [-0.2, 0) is 6.54 Å². The number of nitrogens with one attached hydrogen (secondary N) is 1. The highest BCUT2D eigenvalue weighted by Gasteiger charge is 2.08. The molecular weight excluding hydrogens is 315 g/mol. The zero-order valence-electron chi connectivity index (χ0n) is 12.4. The Bertz CT molecular complexity index is 876. The average molecular weight is 330 g/mol. The number of fused-ring (bicyclic) bond motifs is 1. The van der Waals surface area contributed by atoms with Crippen molar-refractivity contribution in [3.63, 3.8) is 0 Å². The van der Waals surface area contributed by atoms with E-state index in [1.807, 2.05) is 46.6 Å². The van der Waals surface area contributed by atoms with Gasteiger partial charge in [0.05, 0.1) is 7.11 Å². The van der Waals surface area contributed by atoms with Crippen LogP contribution in [0.5, 0.6) is 5.75 Å². The van der Waals surface area contributed by atoms with Crippen LogP contribution in [0.25, 0.3) is 10.9 Å². The number of rotatable bonds is 4. The summed E-state index contributed by atoms with van der Waals surface area (Å²) in [5.41, 5.74) is 4.49. The lowest BCUT2D eigenvalue weighted by Crippen LogP contribution is -2.17. The summed E-state index contributed by atoms with van der Waals surface area (Å²) in [5.74, 6) is -0.152. The molecule has 1 aromatic heterocycles. The molecule has 0 aliphatic rings. The molecule has 3 aromatic rings. The van der Waals surface area contributed by atoms with E-state index in [0.29, 0.717) is 6.54 Å². The summed E-state index contributed by atoms with van der Waals surface area (Å²) in [6, 6.07) is 12.6. The van der Waals surface area contributed by atoms with Gasteiger partial charge in [-0.2, -0.15) is 0 Å². The van der Waals surface area contributed by atoms with Crippen molar-refractivity contribution in [2.45, 2.75) is 6.54 Å². The van der Waals surface area contributed by atoms with Gasteiger partial charge in [0.15, 0.2) is 11.6 Å². The van der Waals surface area contributed by atoms with Gasteiger partial charge in [-0.15, -0.1) is 0 Å². The van der Waals surface area contributed by atoms with Crippen LogP contribution in [0.4, 0.5) is 4.39 Å². The molecule has 0 atom stereocenters. The fourth-order valence-electron chi connectivity index (χ4n) is 2.53. The summed E-state index contributed by atoms with van der Waals surface area (Å²) in [4.78, 5) is 0.259. The van der Waals surface area contributed by atoms with Crippen molar-refractivity contribution in [3.8, 4) is 5.75 Å². The molecule has 118 valence electrons. The molecule has 0 aliphatic carbocycles. The fourth-order valence-corrected chi connectivity index (χ4v) is 2.66. The van der Waals surface area contributed by atoms with Crippen molar-refractivity contribution in [1.82, 2.24) is 10.0 Å². The van der Waals surface area contributed by atoms with Crippen LogP contribution < -0.4 is 10.2 Å². The van der Waals surface area contributed by atoms with E-state index in [1.165, 1.54) is 13.2 Å². The van der Waals surface area contributed by atoms with Crippen molar-refractivity contribution >= 4 is 28.1 Å². The van der Waals surface area contributed by atoms with Crippen molar-refractivity contribution in [3.05, 3.63) is 65.6 Å². The van der Waals surface area contributed by atoms with Gasteiger partial charge in [-0.3, -0.25) is 10.7 Å². The molecular formula is C17H15FN2O2S. The Labute approximate surface area is 138 Å². The lowest BCUT2D eigenvalue weighted by molar-refractivity contribution is 0.238. The number of nitrogens with zero attached hydrogens (tertiary/aromatic N) is 1. The van der Waals surface area contributed by atoms with Crippen molar-refractivity contribution in [2.24, 2.45) is 0 Å². The lowest BCUT2D eigenvalue weighted by atomic mass is 10.1. The Hall–Kier alpha value is -2.44. The monoisotopic (exact) mass is 330 g/mol. The maximum absolute atomic E-state index is 13.8. The normalized spacial score (nSPS) is 10.7. The van der Waals surface area contributed by atoms with Gasteiger partial charge in [0.1, 0.15) is 4.99 Å². The summed E-state index contributed by atoms with van der Waals surface area (Å²) < 4.78 is 20.8. The van der Waals surface area contributed by atoms with Crippen LogP contribution in [0.2, 0.25) is 0 Å². The van der Waals surface area contributed by atoms with Gasteiger partial charge in [0, 0.05) is 23.8 Å². The smallest absolute Gasteiger partial charge is 0.165 e. The molecule has 0 saturated heterocycles. The van der Waals surface area contributed by atoms with Crippen molar-refractivity contribution < 1.29 is 14.3 Å². The van der Waals surface area contributed by atoms with E-state index in [9.17, 15) is 4.39 Å². The number of hydroxylamine groups is 1. The first-order valence-electron chi connectivity index (χ1n) is 6.98. The second-order valence-corrected chi connectivity index (χ2v) is 5.54. The average Bonchev–Trinajstić information content (AvgIpc) is 2.96. The first kappa shape index (κ1) is 15.5. The van der Waals surface area contributed by atoms with Gasteiger partial charge < -0.3 is 9.30 Å². The second kappa shape index (κ2) is 6.36. The Morgan fingerprint density at radius 1 is 1.26 bits per heavy atom. The third kappa shape index (κ3) is 3.04. The highest BCUT2D eigenvalue weighted by Crippen LogP contribution is 2.22. The fraction of sp³-hybridized carbons (Fsp3) is 0.118. The molecule has 0 bridgehead atoms. The molecule has 2 N–H and O–H groups in total. The molecule has 0 unspecified atom stereocenters. The number of thiocarbonyl (C=S) groups is 1. The van der Waals surface area contributed by atoms with Gasteiger partial charge in [-0.25, -0.2) is 4.39 Å². The maximum Gasteiger partial charge on any atom is 0.165 e. The van der Waals surface area contributed by atoms with E-state index in [1.54, 1.807) is 6.07 Å². The summed E-state index contributed by atoms with van der Waals surface area (Å²) in [7, 11) is 1.44. The molecule has 0 aliphatic heterocycles. The molecule has 0 spiro atoms. The first-order valence-corrected chi connectivity index (χ1v) is 7.39. The van der Waals surface area contributed by atoms with Crippen LogP contribution in [0, 0.1) is 5.82 Å². The minimum absolute atomic E-state index is 0.229. The maximum atomic E-state index is 13.8. The zero-order chi connectivity index (χ0) is 16.4. The quantitative estimate of drug-likeness (QED) is 0.568. The predicted octanol–water partition coefficient (Wildman–Crippen LogP) is 3.49. The summed E-state index contributed by atoms with van der Waals surface area (Å²) in [6.07, 6.45) is 1.94. The second-order valence-electron chi connectivity index (χ2n) is 5.13. The molecule has 1 heterocycles. The van der Waals surface area contributed by atoms with Crippen LogP contribution in [-0.4, -0.2) is 21.9 Å². The van der Waals surface area contributed by atoms with E-state index in [2.05, 4.69) is 0 Å². The van der Waals surface area contributed by atoms with Crippen LogP contribution >= 0.6 is 12.2 Å². The largest absolute Gasteiger partial charge is 0.494 e. The minimum Gasteiger partial charge on any atom is -0.494 e. The van der Waals surface area contributed by atoms with Crippen LogP contribution in [0.1, 0.15) is 11.1 Å². The molecule has 0 fully saturated rings. The van der Waals surface area contributed by atoms with Gasteiger partial charge >= 0.3 is 0 Å². The van der Waals surface area contributed by atoms with Gasteiger partial charge in [0.25, 0.3) is 0 Å². The number of halogens is 1. The topological polar surface area (TPSA) is 46.4 Å². The van der Waals surface area contributed by atoms with E-state index < -0.39 is 0 Å². The van der Waals surface area contributed by atoms with Crippen molar-refractivity contribution in [1.29, 1.82) is 0 Å². The van der Waals surface area contributed by atoms with Gasteiger partial charge in [-0.1, -0.05) is 30.4 Å². The Balaban J connectivity index is 1.96. The number of ether oxygens (including phenoxy) is 1. The van der Waals surface area contributed by atoms with Crippen molar-refractivity contribution in [2.75, 3.05) is 7.11 Å². The standard InChI is InChI=1S/C17H15FN2O2S/c1-22-16-5-2-11(8-14(16)18)10-20-7-6-12-3-4-13(9-15(12)20)17(23)19-21/h2-9,21H,10H2,1H3,(H,19,23).